The van der Waals surface area contributed by atoms with Gasteiger partial charge in [-0.15, -0.1) is 0 Å². The third kappa shape index (κ3) is 6.59. The van der Waals surface area contributed by atoms with Crippen LogP contribution in [0.1, 0.15) is 51.2 Å². The molecule has 3 aromatic rings. The lowest BCUT2D eigenvalue weighted by Gasteiger charge is -2.38. The molecule has 2 heterocycles. The van der Waals surface area contributed by atoms with Gasteiger partial charge in [-0.2, -0.15) is 10.4 Å². The van der Waals surface area contributed by atoms with Crippen LogP contribution in [0.5, 0.6) is 11.5 Å². The van der Waals surface area contributed by atoms with Gasteiger partial charge in [0.15, 0.2) is 0 Å². The monoisotopic (exact) mass is 584 g/mol. The summed E-state index contributed by atoms with van der Waals surface area (Å²) in [5.74, 6) is 0.318. The Kier molecular flexibility index (Phi) is 9.15. The summed E-state index contributed by atoms with van der Waals surface area (Å²) in [4.78, 5) is 13.9. The fraction of sp³-hybridized carbons (Fsp3) is 0.382. The molecule has 0 spiro atoms. The zero-order valence-electron chi connectivity index (χ0n) is 24.7. The highest BCUT2D eigenvalue weighted by atomic mass is 19.1. The molecule has 9 heteroatoms. The van der Waals surface area contributed by atoms with E-state index in [4.69, 9.17) is 14.6 Å². The number of piperidine rings is 1. The molecule has 2 aliphatic rings. The first kappa shape index (κ1) is 29.9. The second kappa shape index (κ2) is 13.2. The minimum absolute atomic E-state index is 0.0303. The first-order chi connectivity index (χ1) is 20.8. The van der Waals surface area contributed by atoms with Crippen molar-refractivity contribution in [2.75, 3.05) is 29.6 Å². The highest BCUT2D eigenvalue weighted by Crippen LogP contribution is 2.36. The van der Waals surface area contributed by atoms with Crippen LogP contribution in [-0.4, -0.2) is 48.6 Å². The zero-order chi connectivity index (χ0) is 30.5. The summed E-state index contributed by atoms with van der Waals surface area (Å²) >= 11 is 0. The maximum Gasteiger partial charge on any atom is 0.305 e. The van der Waals surface area contributed by atoms with Gasteiger partial charge >= 0.3 is 5.97 Å². The summed E-state index contributed by atoms with van der Waals surface area (Å²) in [6, 6.07) is 21.5. The van der Waals surface area contributed by atoms with Crippen LogP contribution in [0.3, 0.4) is 0 Å². The summed E-state index contributed by atoms with van der Waals surface area (Å²) in [5, 5.41) is 25.6. The van der Waals surface area contributed by atoms with E-state index in [9.17, 15) is 19.6 Å². The number of anilines is 2. The number of aliphatic carboxylic acids is 1. The molecule has 2 aliphatic heterocycles. The van der Waals surface area contributed by atoms with E-state index in [0.29, 0.717) is 36.7 Å². The van der Waals surface area contributed by atoms with E-state index >= 15 is 0 Å². The predicted octanol–water partition coefficient (Wildman–Crippen LogP) is 6.48. The number of rotatable bonds is 10. The molecular formula is C34H37FN4O4. The van der Waals surface area contributed by atoms with E-state index in [1.54, 1.807) is 24.3 Å². The van der Waals surface area contributed by atoms with Gasteiger partial charge in [-0.3, -0.25) is 9.80 Å². The predicted molar refractivity (Wildman–Crippen MR) is 164 cm³/mol. The van der Waals surface area contributed by atoms with Crippen LogP contribution < -0.4 is 19.4 Å². The van der Waals surface area contributed by atoms with Crippen LogP contribution in [-0.2, 0) is 4.79 Å². The van der Waals surface area contributed by atoms with Gasteiger partial charge in [-0.1, -0.05) is 26.0 Å². The first-order valence-electron chi connectivity index (χ1n) is 14.8. The molecule has 0 saturated carbocycles. The summed E-state index contributed by atoms with van der Waals surface area (Å²) in [5.41, 5.74) is 3.60. The molecule has 1 saturated heterocycles. The van der Waals surface area contributed by atoms with Crippen molar-refractivity contribution in [1.82, 2.24) is 0 Å². The van der Waals surface area contributed by atoms with Crippen molar-refractivity contribution in [3.05, 3.63) is 83.7 Å². The number of carboxylic acids is 1. The average Bonchev–Trinajstić information content (AvgIpc) is 3.37. The Labute approximate surface area is 251 Å². The van der Waals surface area contributed by atoms with Gasteiger partial charge in [-0.25, -0.2) is 4.39 Å². The highest BCUT2D eigenvalue weighted by Gasteiger charge is 2.39. The molecule has 1 N–H and O–H groups in total. The standard InChI is InChI=1S/C34H37FN4O4/c1-4-28-30(19-33(40)41)39(37-34(28)24-8-6-23(20-36)7-9-24)25-10-12-26(13-11-25)43-32-16-17-38(21-22(32)3)31-18-27(42-5-2)14-15-29(31)35/h6-15,18,22,28,30,32H,4-5,16-17,19,21H2,1-3H3,(H,40,41)/t22-,28?,30?,32+/m0/s1. The number of benzene rings is 3. The smallest absolute Gasteiger partial charge is 0.305 e. The van der Waals surface area contributed by atoms with Crippen molar-refractivity contribution in [1.29, 1.82) is 5.26 Å². The Hall–Kier alpha value is -4.58. The number of carboxylic acid groups (broad SMARTS) is 1. The quantitative estimate of drug-likeness (QED) is 0.291. The number of nitriles is 1. The van der Waals surface area contributed by atoms with E-state index in [0.717, 1.165) is 35.6 Å². The summed E-state index contributed by atoms with van der Waals surface area (Å²) in [6.45, 7) is 7.90. The molecule has 0 amide bonds. The van der Waals surface area contributed by atoms with Crippen molar-refractivity contribution in [3.63, 3.8) is 0 Å². The SMILES string of the molecule is CCOc1ccc(F)c(N2CC[C@@H](Oc3ccc(N4N=C(c5ccc(C#N)cc5)C(CC)C4CC(=O)O)cc3)[C@@H](C)C2)c1. The Morgan fingerprint density at radius 3 is 2.44 bits per heavy atom. The van der Waals surface area contributed by atoms with Crippen molar-refractivity contribution in [2.24, 2.45) is 16.9 Å². The number of hydrazone groups is 1. The number of carbonyl (C=O) groups is 1. The minimum Gasteiger partial charge on any atom is -0.494 e. The topological polar surface area (TPSA) is 98.4 Å². The molecule has 224 valence electrons. The lowest BCUT2D eigenvalue weighted by atomic mass is 9.87. The summed E-state index contributed by atoms with van der Waals surface area (Å²) in [7, 11) is 0. The fourth-order valence-electron chi connectivity index (χ4n) is 6.09. The molecule has 0 aliphatic carbocycles. The lowest BCUT2D eigenvalue weighted by molar-refractivity contribution is -0.137. The van der Waals surface area contributed by atoms with Gasteiger partial charge in [0, 0.05) is 37.4 Å². The minimum atomic E-state index is -0.880. The first-order valence-corrected chi connectivity index (χ1v) is 14.8. The second-order valence-corrected chi connectivity index (χ2v) is 11.1. The summed E-state index contributed by atoms with van der Waals surface area (Å²) in [6.07, 6.45) is 1.39. The molecule has 8 nitrogen and oxygen atoms in total. The molecule has 2 unspecified atom stereocenters. The molecule has 0 bridgehead atoms. The average molecular weight is 585 g/mol. The van der Waals surface area contributed by atoms with Crippen molar-refractivity contribution in [3.8, 4) is 17.6 Å². The third-order valence-electron chi connectivity index (χ3n) is 8.26. The Bertz CT molecular complexity index is 1500. The Morgan fingerprint density at radius 1 is 1.09 bits per heavy atom. The van der Waals surface area contributed by atoms with Gasteiger partial charge in [-0.05, 0) is 67.4 Å². The molecule has 0 aromatic heterocycles. The normalized spacial score (nSPS) is 21.7. The van der Waals surface area contributed by atoms with Crippen molar-refractivity contribution < 1.29 is 23.8 Å². The largest absolute Gasteiger partial charge is 0.494 e. The van der Waals surface area contributed by atoms with Crippen LogP contribution in [0.15, 0.2) is 71.8 Å². The zero-order valence-corrected chi connectivity index (χ0v) is 24.7. The maximum atomic E-state index is 14.6. The van der Waals surface area contributed by atoms with E-state index in [1.807, 2.05) is 55.3 Å². The maximum absolute atomic E-state index is 14.6. The van der Waals surface area contributed by atoms with Gasteiger partial charge in [0.05, 0.1) is 47.8 Å². The van der Waals surface area contributed by atoms with Gasteiger partial charge in [0.2, 0.25) is 0 Å². The third-order valence-corrected chi connectivity index (χ3v) is 8.26. The Morgan fingerprint density at radius 2 is 1.81 bits per heavy atom. The van der Waals surface area contributed by atoms with Gasteiger partial charge < -0.3 is 19.5 Å². The highest BCUT2D eigenvalue weighted by molar-refractivity contribution is 6.05. The van der Waals surface area contributed by atoms with Crippen LogP contribution in [0, 0.1) is 29.0 Å². The van der Waals surface area contributed by atoms with Crippen molar-refractivity contribution in [2.45, 2.75) is 52.2 Å². The van der Waals surface area contributed by atoms with E-state index in [-0.39, 0.29) is 36.2 Å². The molecule has 1 fully saturated rings. The summed E-state index contributed by atoms with van der Waals surface area (Å²) < 4.78 is 26.6. The molecule has 5 rings (SSSR count). The number of hydrogen-bond acceptors (Lipinski definition) is 7. The lowest BCUT2D eigenvalue weighted by Crippen LogP contribution is -2.44. The number of hydrogen-bond donors (Lipinski definition) is 1. The molecule has 0 radical (unpaired) electrons. The molecule has 3 aromatic carbocycles. The van der Waals surface area contributed by atoms with E-state index in [2.05, 4.69) is 17.9 Å². The Balaban J connectivity index is 1.30. The van der Waals surface area contributed by atoms with Crippen LogP contribution >= 0.6 is 0 Å². The molecular weight excluding hydrogens is 547 g/mol. The van der Waals surface area contributed by atoms with Crippen LogP contribution in [0.2, 0.25) is 0 Å². The van der Waals surface area contributed by atoms with Gasteiger partial charge in [0.1, 0.15) is 23.4 Å². The van der Waals surface area contributed by atoms with E-state index in [1.165, 1.54) is 6.07 Å². The van der Waals surface area contributed by atoms with Crippen LogP contribution in [0.4, 0.5) is 15.8 Å². The number of ether oxygens (including phenoxy) is 2. The van der Waals surface area contributed by atoms with Gasteiger partial charge in [0.25, 0.3) is 0 Å². The molecule has 4 atom stereocenters. The number of halogens is 1. The number of nitrogens with zero attached hydrogens (tertiary/aromatic N) is 4. The van der Waals surface area contributed by atoms with Crippen LogP contribution in [0.25, 0.3) is 0 Å². The van der Waals surface area contributed by atoms with E-state index < -0.39 is 5.97 Å². The molecule has 43 heavy (non-hydrogen) atoms. The van der Waals surface area contributed by atoms with Crippen molar-refractivity contribution >= 4 is 23.1 Å². The second-order valence-electron chi connectivity index (χ2n) is 11.1. The fourth-order valence-corrected chi connectivity index (χ4v) is 6.09.